The van der Waals surface area contributed by atoms with Crippen LogP contribution in [0.5, 0.6) is 0 Å². The first-order valence-electron chi connectivity index (χ1n) is 4.96. The quantitative estimate of drug-likeness (QED) is 0.625. The summed E-state index contributed by atoms with van der Waals surface area (Å²) in [5.41, 5.74) is 0.623. The first kappa shape index (κ1) is 13.6. The van der Waals surface area contributed by atoms with E-state index < -0.39 is 21.7 Å². The Morgan fingerprint density at radius 2 is 1.88 bits per heavy atom. The molecule has 5 nitrogen and oxygen atoms in total. The zero-order valence-corrected chi connectivity index (χ0v) is 11.2. The second-order valence-corrected chi connectivity index (χ2v) is 4.73. The van der Waals surface area contributed by atoms with E-state index in [-0.39, 0.29) is 18.7 Å². The number of benzene rings is 1. The molecule has 0 spiro atoms. The summed E-state index contributed by atoms with van der Waals surface area (Å²) in [7, 11) is 1.28. The molecular weight excluding hydrogens is 285 g/mol. The Morgan fingerprint density at radius 1 is 1.24 bits per heavy atom. The van der Waals surface area contributed by atoms with Crippen molar-refractivity contribution in [1.82, 2.24) is 0 Å². The number of esters is 1. The van der Waals surface area contributed by atoms with Gasteiger partial charge in [-0.05, 0) is 0 Å². The van der Waals surface area contributed by atoms with Crippen LogP contribution in [0.2, 0.25) is 0 Å². The fourth-order valence-corrected chi connectivity index (χ4v) is 1.71. The van der Waals surface area contributed by atoms with Crippen LogP contribution in [0.3, 0.4) is 0 Å². The molecule has 17 heavy (non-hydrogen) atoms. The van der Waals surface area contributed by atoms with Gasteiger partial charge in [0.25, 0.3) is 0 Å². The van der Waals surface area contributed by atoms with Crippen molar-refractivity contribution in [2.24, 2.45) is 0 Å². The van der Waals surface area contributed by atoms with Crippen LogP contribution in [-0.4, -0.2) is 34.7 Å². The van der Waals surface area contributed by atoms with E-state index in [1.165, 1.54) is 7.11 Å². The number of amides is 1. The summed E-state index contributed by atoms with van der Waals surface area (Å²) in [6.45, 7) is 0. The van der Waals surface area contributed by atoms with Gasteiger partial charge in [-0.2, -0.15) is 0 Å². The van der Waals surface area contributed by atoms with Gasteiger partial charge in [0, 0.05) is 0 Å². The van der Waals surface area contributed by atoms with Crippen LogP contribution in [0, 0.1) is 0 Å². The average Bonchev–Trinajstić information content (AvgIpc) is 2.36. The molecule has 0 aliphatic rings. The van der Waals surface area contributed by atoms with Crippen LogP contribution >= 0.6 is 0 Å². The Hall–Kier alpha value is -1.48. The van der Waals surface area contributed by atoms with Gasteiger partial charge in [0.1, 0.15) is 0 Å². The summed E-state index contributed by atoms with van der Waals surface area (Å²) in [5, 5.41) is 2.63. The number of hydrogen-bond donors (Lipinski definition) is 1. The molecule has 0 saturated carbocycles. The number of rotatable bonds is 5. The molecule has 1 amide bonds. The second kappa shape index (κ2) is 6.96. The van der Waals surface area contributed by atoms with Gasteiger partial charge in [0.2, 0.25) is 0 Å². The molecule has 6 heteroatoms. The number of methoxy groups -OCH3 is 1. The summed E-state index contributed by atoms with van der Waals surface area (Å²) < 4.78 is 15.8. The molecule has 0 bridgehead atoms. The van der Waals surface area contributed by atoms with E-state index >= 15 is 0 Å². The number of hydrogen-bond acceptors (Lipinski definition) is 4. The minimum atomic E-state index is -1.04. The number of nitrogens with one attached hydrogen (secondary N) is 1. The van der Waals surface area contributed by atoms with Crippen molar-refractivity contribution in [3.05, 3.63) is 24.3 Å². The van der Waals surface area contributed by atoms with E-state index in [1.54, 1.807) is 24.3 Å². The molecule has 0 fully saturated rings. The molecule has 0 radical (unpaired) electrons. The second-order valence-electron chi connectivity index (χ2n) is 3.26. The van der Waals surface area contributed by atoms with Crippen molar-refractivity contribution in [3.63, 3.8) is 0 Å². The van der Waals surface area contributed by atoms with Gasteiger partial charge in [-0.25, -0.2) is 0 Å². The molecule has 0 atom stereocenters. The van der Waals surface area contributed by atoms with Crippen molar-refractivity contribution in [2.45, 2.75) is 12.8 Å². The monoisotopic (exact) mass is 297 g/mol. The van der Waals surface area contributed by atoms with Gasteiger partial charge in [-0.15, -0.1) is 0 Å². The van der Waals surface area contributed by atoms with Gasteiger partial charge >= 0.3 is 105 Å². The number of carbonyl (C=O) groups excluding carboxylic acids is 2. The summed E-state index contributed by atoms with van der Waals surface area (Å²) in [6.07, 6.45) is 0.146. The van der Waals surface area contributed by atoms with Gasteiger partial charge in [-0.3, -0.25) is 0 Å². The Morgan fingerprint density at radius 3 is 2.41 bits per heavy atom. The Kier molecular flexibility index (Phi) is 5.56. The first-order valence-corrected chi connectivity index (χ1v) is 6.66. The van der Waals surface area contributed by atoms with E-state index in [9.17, 15) is 13.3 Å². The molecule has 1 N–H and O–H groups in total. The third-order valence-electron chi connectivity index (χ3n) is 2.04. The van der Waals surface area contributed by atoms with Crippen molar-refractivity contribution in [2.75, 3.05) is 12.4 Å². The molecule has 0 heterocycles. The summed E-state index contributed by atoms with van der Waals surface area (Å²) >= 11 is -1.04. The van der Waals surface area contributed by atoms with E-state index in [0.29, 0.717) is 5.69 Å². The molecule has 0 aliphatic heterocycles. The Labute approximate surface area is 105 Å². The fourth-order valence-electron chi connectivity index (χ4n) is 1.15. The minimum absolute atomic E-state index is 0.0612. The average molecular weight is 297 g/mol. The van der Waals surface area contributed by atoms with Crippen molar-refractivity contribution >= 4 is 37.6 Å². The number of carbonyl (C=O) groups is 2. The SMILES string of the molecule is COC(=O)CCC(=O)Nc1ccc([As]=O)cc1. The van der Waals surface area contributed by atoms with E-state index in [4.69, 9.17) is 0 Å². The Bertz CT molecular complexity index is 416. The molecule has 1 rings (SSSR count). The summed E-state index contributed by atoms with van der Waals surface area (Å²) in [4.78, 5) is 22.2. The van der Waals surface area contributed by atoms with Gasteiger partial charge in [0.05, 0.1) is 0 Å². The normalized spacial score (nSPS) is 9.94. The maximum absolute atomic E-state index is 11.4. The Balaban J connectivity index is 2.44. The first-order chi connectivity index (χ1) is 8.15. The van der Waals surface area contributed by atoms with E-state index in [1.807, 2.05) is 0 Å². The molecule has 0 aliphatic carbocycles. The summed E-state index contributed by atoms with van der Waals surface area (Å²) in [6, 6.07) is 6.75. The molecule has 0 saturated heterocycles. The number of ether oxygens (including phenoxy) is 1. The van der Waals surface area contributed by atoms with Crippen molar-refractivity contribution in [1.29, 1.82) is 0 Å². The van der Waals surface area contributed by atoms with Crippen LogP contribution in [0.4, 0.5) is 5.69 Å². The molecule has 90 valence electrons. The summed E-state index contributed by atoms with van der Waals surface area (Å²) in [5.74, 6) is -0.663. The maximum atomic E-state index is 11.4. The van der Waals surface area contributed by atoms with Gasteiger partial charge in [0.15, 0.2) is 0 Å². The molecular formula is C11H12AsNO4. The molecule has 0 unspecified atom stereocenters. The van der Waals surface area contributed by atoms with Crippen LogP contribution in [0.15, 0.2) is 24.3 Å². The molecule has 1 aromatic carbocycles. The van der Waals surface area contributed by atoms with Crippen molar-refractivity contribution in [3.8, 4) is 0 Å². The third-order valence-corrected chi connectivity index (χ3v) is 3.11. The van der Waals surface area contributed by atoms with Gasteiger partial charge < -0.3 is 0 Å². The van der Waals surface area contributed by atoms with Crippen LogP contribution < -0.4 is 9.67 Å². The predicted molar refractivity (Wildman–Crippen MR) is 62.4 cm³/mol. The van der Waals surface area contributed by atoms with E-state index in [2.05, 4.69) is 10.1 Å². The molecule has 0 aromatic heterocycles. The topological polar surface area (TPSA) is 72.5 Å². The zero-order chi connectivity index (χ0) is 12.7. The van der Waals surface area contributed by atoms with Crippen LogP contribution in [0.25, 0.3) is 0 Å². The van der Waals surface area contributed by atoms with Crippen LogP contribution in [-0.2, 0) is 18.1 Å². The van der Waals surface area contributed by atoms with E-state index in [0.717, 1.165) is 4.35 Å². The predicted octanol–water partition coefficient (Wildman–Crippen LogP) is 0.253. The standard InChI is InChI=1S/C11H12AsNO4/c1-17-11(15)7-6-10(14)13-9-4-2-8(12-16)3-5-9/h2-5H,6-7H2,1H3,(H,13,14). The number of anilines is 1. The fraction of sp³-hybridized carbons (Fsp3) is 0.273. The zero-order valence-electron chi connectivity index (χ0n) is 9.30. The van der Waals surface area contributed by atoms with Crippen molar-refractivity contribution < 1.29 is 18.1 Å². The third kappa shape index (κ3) is 4.91. The molecule has 1 aromatic rings. The van der Waals surface area contributed by atoms with Gasteiger partial charge in [-0.1, -0.05) is 0 Å². The van der Waals surface area contributed by atoms with Crippen LogP contribution in [0.1, 0.15) is 12.8 Å².